The van der Waals surface area contributed by atoms with Crippen LogP contribution in [0.5, 0.6) is 0 Å². The topological polar surface area (TPSA) is 9.23 Å². The highest BCUT2D eigenvalue weighted by Crippen LogP contribution is 2.62. The first kappa shape index (κ1) is 10.5. The third-order valence-corrected chi connectivity index (χ3v) is 4.55. The van der Waals surface area contributed by atoms with Crippen LogP contribution in [-0.2, 0) is 4.74 Å². The molecule has 0 aromatic rings. The molecular weight excluding hydrogens is 172 g/mol. The summed E-state index contributed by atoms with van der Waals surface area (Å²) in [5.74, 6) is 1.81. The molecule has 0 radical (unpaired) electrons. The number of hydrogen-bond acceptors (Lipinski definition) is 1. The van der Waals surface area contributed by atoms with E-state index in [-0.39, 0.29) is 5.60 Å². The van der Waals surface area contributed by atoms with Crippen LogP contribution in [0.25, 0.3) is 0 Å². The van der Waals surface area contributed by atoms with Crippen LogP contribution in [0.4, 0.5) is 0 Å². The van der Waals surface area contributed by atoms with E-state index in [0.717, 1.165) is 11.8 Å². The second-order valence-electron chi connectivity index (χ2n) is 6.48. The molecule has 0 saturated heterocycles. The molecule has 14 heavy (non-hydrogen) atoms. The van der Waals surface area contributed by atoms with E-state index in [1.165, 1.54) is 19.3 Å². The van der Waals surface area contributed by atoms with Crippen LogP contribution >= 0.6 is 0 Å². The lowest BCUT2D eigenvalue weighted by atomic mass is 9.46. The molecule has 82 valence electrons. The Morgan fingerprint density at radius 1 is 1.07 bits per heavy atom. The third-order valence-electron chi connectivity index (χ3n) is 4.55. The van der Waals surface area contributed by atoms with E-state index < -0.39 is 0 Å². The Morgan fingerprint density at radius 2 is 1.57 bits per heavy atom. The quantitative estimate of drug-likeness (QED) is 0.655. The fourth-order valence-corrected chi connectivity index (χ4v) is 3.61. The molecule has 0 amide bonds. The Bertz CT molecular complexity index is 215. The summed E-state index contributed by atoms with van der Waals surface area (Å²) in [7, 11) is 0. The van der Waals surface area contributed by atoms with Crippen LogP contribution in [-0.4, -0.2) is 11.7 Å². The van der Waals surface area contributed by atoms with Crippen molar-refractivity contribution in [2.45, 2.75) is 65.6 Å². The molecule has 1 nitrogen and oxygen atoms in total. The molecule has 3 aliphatic carbocycles. The van der Waals surface area contributed by atoms with Gasteiger partial charge in [-0.15, -0.1) is 0 Å². The van der Waals surface area contributed by atoms with Crippen molar-refractivity contribution in [2.75, 3.05) is 0 Å². The van der Waals surface area contributed by atoms with E-state index in [2.05, 4.69) is 34.6 Å². The maximum atomic E-state index is 6.07. The zero-order valence-electron chi connectivity index (χ0n) is 10.3. The number of rotatable bonds is 2. The molecule has 0 heterocycles. The normalized spacial score (nSPS) is 45.0. The summed E-state index contributed by atoms with van der Waals surface area (Å²) in [6, 6.07) is 0. The van der Waals surface area contributed by atoms with Gasteiger partial charge >= 0.3 is 0 Å². The highest BCUT2D eigenvalue weighted by Gasteiger charge is 2.56. The summed E-state index contributed by atoms with van der Waals surface area (Å²) < 4.78 is 6.07. The van der Waals surface area contributed by atoms with Gasteiger partial charge in [-0.2, -0.15) is 0 Å². The van der Waals surface area contributed by atoms with Crippen molar-refractivity contribution in [3.8, 4) is 0 Å². The Labute approximate surface area is 88.2 Å². The Hall–Kier alpha value is -0.0400. The van der Waals surface area contributed by atoms with Crippen molar-refractivity contribution >= 4 is 0 Å². The largest absolute Gasteiger partial charge is 0.373 e. The molecule has 3 fully saturated rings. The molecule has 3 aliphatic rings. The van der Waals surface area contributed by atoms with Gasteiger partial charge in [-0.25, -0.2) is 0 Å². The van der Waals surface area contributed by atoms with Gasteiger partial charge in [0.05, 0.1) is 11.7 Å². The van der Waals surface area contributed by atoms with Crippen molar-refractivity contribution in [3.63, 3.8) is 0 Å². The molecule has 2 bridgehead atoms. The predicted molar refractivity (Wildman–Crippen MR) is 59.2 cm³/mol. The second-order valence-corrected chi connectivity index (χ2v) is 6.48. The van der Waals surface area contributed by atoms with Crippen molar-refractivity contribution < 1.29 is 4.74 Å². The average molecular weight is 196 g/mol. The van der Waals surface area contributed by atoms with Crippen molar-refractivity contribution in [1.82, 2.24) is 0 Å². The zero-order chi connectivity index (χ0) is 10.6. The molecule has 0 aliphatic heterocycles. The zero-order valence-corrected chi connectivity index (χ0v) is 10.3. The van der Waals surface area contributed by atoms with Crippen molar-refractivity contribution in [3.05, 3.63) is 0 Å². The first-order valence-corrected chi connectivity index (χ1v) is 6.01. The van der Waals surface area contributed by atoms with E-state index in [1.54, 1.807) is 0 Å². The van der Waals surface area contributed by atoms with Gasteiger partial charge in [0.15, 0.2) is 0 Å². The smallest absolute Gasteiger partial charge is 0.0663 e. The number of hydrogen-bond donors (Lipinski definition) is 0. The van der Waals surface area contributed by atoms with Crippen LogP contribution in [0.15, 0.2) is 0 Å². The summed E-state index contributed by atoms with van der Waals surface area (Å²) in [4.78, 5) is 0. The summed E-state index contributed by atoms with van der Waals surface area (Å²) >= 11 is 0. The summed E-state index contributed by atoms with van der Waals surface area (Å²) in [5.41, 5.74) is 0.775. The highest BCUT2D eigenvalue weighted by molar-refractivity contribution is 5.06. The van der Waals surface area contributed by atoms with Crippen LogP contribution in [0.3, 0.4) is 0 Å². The second kappa shape index (κ2) is 2.98. The van der Waals surface area contributed by atoms with Gasteiger partial charge in [0.1, 0.15) is 0 Å². The predicted octanol–water partition coefficient (Wildman–Crippen LogP) is 3.63. The van der Waals surface area contributed by atoms with Gasteiger partial charge < -0.3 is 4.74 Å². The van der Waals surface area contributed by atoms with E-state index in [4.69, 9.17) is 4.74 Å². The van der Waals surface area contributed by atoms with E-state index >= 15 is 0 Å². The van der Waals surface area contributed by atoms with Gasteiger partial charge in [0, 0.05) is 0 Å². The Kier molecular flexibility index (Phi) is 2.23. The maximum absolute atomic E-state index is 6.07. The third kappa shape index (κ3) is 1.50. The Balaban J connectivity index is 2.02. The molecule has 0 spiro atoms. The lowest BCUT2D eigenvalue weighted by Gasteiger charge is -2.62. The molecule has 3 saturated carbocycles. The van der Waals surface area contributed by atoms with E-state index in [0.29, 0.717) is 11.5 Å². The summed E-state index contributed by atoms with van der Waals surface area (Å²) in [6.07, 6.45) is 4.37. The molecule has 0 unspecified atom stereocenters. The van der Waals surface area contributed by atoms with Crippen molar-refractivity contribution in [1.29, 1.82) is 0 Å². The molecular formula is C13H24O. The van der Waals surface area contributed by atoms with Crippen LogP contribution in [0.1, 0.15) is 53.9 Å². The first-order valence-electron chi connectivity index (χ1n) is 6.01. The summed E-state index contributed by atoms with van der Waals surface area (Å²) in [5, 5.41) is 0. The van der Waals surface area contributed by atoms with Gasteiger partial charge in [0.2, 0.25) is 0 Å². The minimum absolute atomic E-state index is 0.178. The van der Waals surface area contributed by atoms with Crippen LogP contribution in [0, 0.1) is 17.3 Å². The fraction of sp³-hybridized carbons (Fsp3) is 1.00. The van der Waals surface area contributed by atoms with Gasteiger partial charge in [0.25, 0.3) is 0 Å². The molecule has 0 aromatic heterocycles. The number of ether oxygens (including phenoxy) is 1. The highest BCUT2D eigenvalue weighted by atomic mass is 16.5. The molecule has 3 rings (SSSR count). The summed E-state index contributed by atoms with van der Waals surface area (Å²) in [6.45, 7) is 11.5. The standard InChI is InChI=1S/C13H24O/c1-9(2)14-13(5)7-10-6-11(8-13)12(10,3)4/h9-11H,6-8H2,1-5H3/t10-,11+,13+. The minimum atomic E-state index is 0.178. The molecule has 1 heteroatoms. The molecule has 3 atom stereocenters. The Morgan fingerprint density at radius 3 is 1.93 bits per heavy atom. The van der Waals surface area contributed by atoms with Gasteiger partial charge in [-0.05, 0) is 57.3 Å². The lowest BCUT2D eigenvalue weighted by Crippen LogP contribution is -2.57. The monoisotopic (exact) mass is 196 g/mol. The lowest BCUT2D eigenvalue weighted by molar-refractivity contribution is -0.194. The SMILES string of the molecule is CC(C)O[C@@]1(C)C[C@H]2C[C@@H](C1)C2(C)C. The maximum Gasteiger partial charge on any atom is 0.0663 e. The first-order chi connectivity index (χ1) is 6.33. The molecule has 0 N–H and O–H groups in total. The number of fused-ring (bicyclic) bond motifs is 2. The van der Waals surface area contributed by atoms with Crippen LogP contribution < -0.4 is 0 Å². The van der Waals surface area contributed by atoms with E-state index in [1.807, 2.05) is 0 Å². The van der Waals surface area contributed by atoms with Crippen LogP contribution in [0.2, 0.25) is 0 Å². The van der Waals surface area contributed by atoms with Gasteiger partial charge in [-0.3, -0.25) is 0 Å². The average Bonchev–Trinajstić information content (AvgIpc) is 2.01. The minimum Gasteiger partial charge on any atom is -0.373 e. The van der Waals surface area contributed by atoms with E-state index in [9.17, 15) is 0 Å². The molecule has 0 aromatic carbocycles. The fourth-order valence-electron chi connectivity index (χ4n) is 3.61. The van der Waals surface area contributed by atoms with Crippen molar-refractivity contribution in [2.24, 2.45) is 17.3 Å². The van der Waals surface area contributed by atoms with Gasteiger partial charge in [-0.1, -0.05) is 13.8 Å².